The van der Waals surface area contributed by atoms with E-state index in [1.807, 2.05) is 30.0 Å². The molecule has 2 aliphatic rings. The highest BCUT2D eigenvalue weighted by Gasteiger charge is 2.32. The molecule has 31 heavy (non-hydrogen) atoms. The van der Waals surface area contributed by atoms with E-state index in [4.69, 9.17) is 0 Å². The summed E-state index contributed by atoms with van der Waals surface area (Å²) in [6.45, 7) is 3.33. The van der Waals surface area contributed by atoms with Crippen molar-refractivity contribution < 1.29 is 14.4 Å². The normalized spacial score (nSPS) is 21.6. The molecule has 4 rings (SSSR count). The number of nitrogens with one attached hydrogen (secondary N) is 2. The molecule has 3 amide bonds. The van der Waals surface area contributed by atoms with Gasteiger partial charge in [-0.1, -0.05) is 12.1 Å². The van der Waals surface area contributed by atoms with Gasteiger partial charge < -0.3 is 15.5 Å². The number of hydrogen-bond acceptors (Lipinski definition) is 6. The zero-order valence-corrected chi connectivity index (χ0v) is 17.5. The first kappa shape index (κ1) is 20.9. The van der Waals surface area contributed by atoms with Crippen molar-refractivity contribution in [2.24, 2.45) is 5.92 Å². The van der Waals surface area contributed by atoms with Crippen molar-refractivity contribution >= 4 is 34.9 Å². The summed E-state index contributed by atoms with van der Waals surface area (Å²) in [6, 6.07) is 7.10. The molecule has 2 atom stereocenters. The third-order valence-electron chi connectivity index (χ3n) is 5.68. The summed E-state index contributed by atoms with van der Waals surface area (Å²) >= 11 is 0. The second-order valence-corrected chi connectivity index (χ2v) is 8.04. The zero-order chi connectivity index (χ0) is 21.8. The molecule has 2 unspecified atom stereocenters. The quantitative estimate of drug-likeness (QED) is 0.779. The average Bonchev–Trinajstić information content (AvgIpc) is 2.88. The molecule has 0 bridgehead atoms. The van der Waals surface area contributed by atoms with Crippen LogP contribution in [-0.4, -0.2) is 58.3 Å². The van der Waals surface area contributed by atoms with Crippen LogP contribution < -0.4 is 15.5 Å². The van der Waals surface area contributed by atoms with E-state index in [-0.39, 0.29) is 42.6 Å². The summed E-state index contributed by atoms with van der Waals surface area (Å²) in [6.07, 6.45) is 6.42. The molecule has 1 aromatic heterocycles. The van der Waals surface area contributed by atoms with Crippen molar-refractivity contribution in [3.05, 3.63) is 42.9 Å². The molecule has 0 aliphatic carbocycles. The van der Waals surface area contributed by atoms with E-state index < -0.39 is 0 Å². The molecule has 9 nitrogen and oxygen atoms in total. The van der Waals surface area contributed by atoms with Gasteiger partial charge in [0.05, 0.1) is 30.0 Å². The maximum atomic E-state index is 13.3. The maximum Gasteiger partial charge on any atom is 0.241 e. The Bertz CT molecular complexity index is 967. The fraction of sp³-hybridized carbons (Fsp3) is 0.409. The Morgan fingerprint density at radius 3 is 2.90 bits per heavy atom. The Balaban J connectivity index is 1.43. The Kier molecular flexibility index (Phi) is 6.22. The van der Waals surface area contributed by atoms with Crippen LogP contribution in [0.4, 0.5) is 17.2 Å². The molecule has 1 aromatic carbocycles. The molecule has 0 spiro atoms. The van der Waals surface area contributed by atoms with E-state index in [0.29, 0.717) is 23.7 Å². The molecule has 0 radical (unpaired) electrons. The summed E-state index contributed by atoms with van der Waals surface area (Å²) in [7, 11) is 0. The molecule has 0 saturated carbocycles. The number of rotatable bonds is 4. The lowest BCUT2D eigenvalue weighted by Crippen LogP contribution is -2.48. The monoisotopic (exact) mass is 422 g/mol. The minimum absolute atomic E-state index is 0.0774. The molecule has 2 N–H and O–H groups in total. The summed E-state index contributed by atoms with van der Waals surface area (Å²) < 4.78 is 0. The lowest BCUT2D eigenvalue weighted by Gasteiger charge is -2.34. The van der Waals surface area contributed by atoms with Crippen LogP contribution in [0, 0.1) is 5.92 Å². The summed E-state index contributed by atoms with van der Waals surface area (Å²) in [5.41, 5.74) is 1.35. The number of aromatic nitrogens is 2. The van der Waals surface area contributed by atoms with E-state index in [0.717, 1.165) is 19.4 Å². The molecular formula is C22H26N6O3. The number of hydrogen-bond donors (Lipinski definition) is 2. The molecule has 162 valence electrons. The Morgan fingerprint density at radius 1 is 1.26 bits per heavy atom. The highest BCUT2D eigenvalue weighted by atomic mass is 16.2. The smallest absolute Gasteiger partial charge is 0.241 e. The first-order chi connectivity index (χ1) is 15.0. The second kappa shape index (κ2) is 9.22. The number of carbonyl (C=O) groups excluding carboxylic acids is 3. The van der Waals surface area contributed by atoms with Crippen molar-refractivity contribution in [3.63, 3.8) is 0 Å². The van der Waals surface area contributed by atoms with Crippen LogP contribution in [0.25, 0.3) is 0 Å². The number of nitrogens with zero attached hydrogens (tertiary/aromatic N) is 4. The minimum atomic E-state index is -0.253. The Hall–Kier alpha value is -3.33. The van der Waals surface area contributed by atoms with Crippen molar-refractivity contribution in [2.75, 3.05) is 35.2 Å². The maximum absolute atomic E-state index is 13.3. The SMILES string of the molecule is CC1CC(=O)Nc2ccccc2N1C(=O)CN1CCCC(C(=O)Nc2cnccn2)C1. The van der Waals surface area contributed by atoms with Crippen LogP contribution in [0.2, 0.25) is 0 Å². The van der Waals surface area contributed by atoms with Crippen LogP contribution >= 0.6 is 0 Å². The summed E-state index contributed by atoms with van der Waals surface area (Å²) in [5, 5.41) is 5.68. The number of carbonyl (C=O) groups is 3. The molecule has 1 saturated heterocycles. The number of benzene rings is 1. The number of para-hydroxylation sites is 2. The third-order valence-corrected chi connectivity index (χ3v) is 5.68. The molecule has 9 heteroatoms. The highest BCUT2D eigenvalue weighted by Crippen LogP contribution is 2.31. The Morgan fingerprint density at radius 2 is 2.10 bits per heavy atom. The van der Waals surface area contributed by atoms with Crippen molar-refractivity contribution in [3.8, 4) is 0 Å². The first-order valence-corrected chi connectivity index (χ1v) is 10.5. The lowest BCUT2D eigenvalue weighted by atomic mass is 9.97. The van der Waals surface area contributed by atoms with E-state index in [1.54, 1.807) is 17.2 Å². The predicted octanol–water partition coefficient (Wildman–Crippen LogP) is 1.89. The van der Waals surface area contributed by atoms with Gasteiger partial charge in [0.15, 0.2) is 5.82 Å². The van der Waals surface area contributed by atoms with E-state index in [2.05, 4.69) is 20.6 Å². The van der Waals surface area contributed by atoms with Crippen molar-refractivity contribution in [1.29, 1.82) is 0 Å². The lowest BCUT2D eigenvalue weighted by molar-refractivity contribution is -0.125. The van der Waals surface area contributed by atoms with Crippen molar-refractivity contribution in [1.82, 2.24) is 14.9 Å². The number of likely N-dealkylation sites (tertiary alicyclic amines) is 1. The van der Waals surface area contributed by atoms with Gasteiger partial charge in [0, 0.05) is 31.4 Å². The van der Waals surface area contributed by atoms with Gasteiger partial charge >= 0.3 is 0 Å². The molecule has 1 fully saturated rings. The molecule has 3 heterocycles. The topological polar surface area (TPSA) is 108 Å². The van der Waals surface area contributed by atoms with Gasteiger partial charge in [-0.15, -0.1) is 0 Å². The van der Waals surface area contributed by atoms with Gasteiger partial charge in [-0.05, 0) is 38.4 Å². The third kappa shape index (κ3) is 4.88. The molecule has 2 aromatic rings. The number of piperidine rings is 1. The summed E-state index contributed by atoms with van der Waals surface area (Å²) in [5.74, 6) is -0.0881. The number of anilines is 3. The minimum Gasteiger partial charge on any atom is -0.324 e. The van der Waals surface area contributed by atoms with Crippen LogP contribution in [0.5, 0.6) is 0 Å². The number of fused-ring (bicyclic) bond motifs is 1. The average molecular weight is 422 g/mol. The molecular weight excluding hydrogens is 396 g/mol. The van der Waals surface area contributed by atoms with Crippen molar-refractivity contribution in [2.45, 2.75) is 32.2 Å². The van der Waals surface area contributed by atoms with Gasteiger partial charge in [0.2, 0.25) is 17.7 Å². The van der Waals surface area contributed by atoms with Gasteiger partial charge in [-0.25, -0.2) is 4.98 Å². The largest absolute Gasteiger partial charge is 0.324 e. The highest BCUT2D eigenvalue weighted by molar-refractivity contribution is 6.05. The second-order valence-electron chi connectivity index (χ2n) is 8.04. The predicted molar refractivity (Wildman–Crippen MR) is 116 cm³/mol. The van der Waals surface area contributed by atoms with Gasteiger partial charge in [0.1, 0.15) is 0 Å². The van der Waals surface area contributed by atoms with Gasteiger partial charge in [0.25, 0.3) is 0 Å². The van der Waals surface area contributed by atoms with Gasteiger partial charge in [-0.2, -0.15) is 0 Å². The van der Waals surface area contributed by atoms with E-state index in [9.17, 15) is 14.4 Å². The first-order valence-electron chi connectivity index (χ1n) is 10.5. The van der Waals surface area contributed by atoms with Crippen LogP contribution in [0.1, 0.15) is 26.2 Å². The van der Waals surface area contributed by atoms with Crippen LogP contribution in [0.15, 0.2) is 42.9 Å². The zero-order valence-electron chi connectivity index (χ0n) is 17.5. The Labute approximate surface area is 180 Å². The van der Waals surface area contributed by atoms with Crippen LogP contribution in [0.3, 0.4) is 0 Å². The van der Waals surface area contributed by atoms with E-state index in [1.165, 1.54) is 12.4 Å². The fourth-order valence-electron chi connectivity index (χ4n) is 4.24. The standard InChI is InChI=1S/C22H26N6O3/c1-15-11-20(29)25-17-6-2-3-7-18(17)28(15)21(30)14-27-10-4-5-16(13-27)22(31)26-19-12-23-8-9-24-19/h2-3,6-9,12,15-16H,4-5,10-11,13-14H2,1H3,(H,25,29)(H,24,26,31). The van der Waals surface area contributed by atoms with E-state index >= 15 is 0 Å². The summed E-state index contributed by atoms with van der Waals surface area (Å²) in [4.78, 5) is 49.9. The molecule has 2 aliphatic heterocycles. The van der Waals surface area contributed by atoms with Gasteiger partial charge in [-0.3, -0.25) is 24.3 Å². The fourth-order valence-corrected chi connectivity index (χ4v) is 4.24. The number of amides is 3. The van der Waals surface area contributed by atoms with Crippen LogP contribution in [-0.2, 0) is 14.4 Å².